The molecule has 4 rings (SSSR count). The first-order valence-electron chi connectivity index (χ1n) is 9.92. The summed E-state index contributed by atoms with van der Waals surface area (Å²) in [5, 5.41) is 0. The van der Waals surface area contributed by atoms with E-state index in [9.17, 15) is 9.18 Å². The fourth-order valence-corrected chi connectivity index (χ4v) is 3.79. The quantitative estimate of drug-likeness (QED) is 0.544. The predicted molar refractivity (Wildman–Crippen MR) is 113 cm³/mol. The van der Waals surface area contributed by atoms with Gasteiger partial charge in [0, 0.05) is 20.1 Å². The van der Waals surface area contributed by atoms with Gasteiger partial charge in [-0.15, -0.1) is 0 Å². The van der Waals surface area contributed by atoms with Crippen molar-refractivity contribution in [1.82, 2.24) is 18.7 Å². The summed E-state index contributed by atoms with van der Waals surface area (Å²) in [4.78, 5) is 17.7. The van der Waals surface area contributed by atoms with Crippen LogP contribution >= 0.6 is 0 Å². The van der Waals surface area contributed by atoms with Crippen molar-refractivity contribution in [1.29, 1.82) is 0 Å². The summed E-state index contributed by atoms with van der Waals surface area (Å²) in [6.07, 6.45) is 0.996. The number of nitrogens with zero attached hydrogens (tertiary/aromatic N) is 4. The van der Waals surface area contributed by atoms with E-state index in [-0.39, 0.29) is 18.1 Å². The van der Waals surface area contributed by atoms with E-state index < -0.39 is 0 Å². The molecule has 152 valence electrons. The number of halogens is 1. The zero-order chi connectivity index (χ0) is 20.7. The van der Waals surface area contributed by atoms with E-state index in [1.807, 2.05) is 18.2 Å². The van der Waals surface area contributed by atoms with Crippen LogP contribution in [0.25, 0.3) is 22.1 Å². The van der Waals surface area contributed by atoms with Crippen LogP contribution in [0, 0.1) is 11.7 Å². The summed E-state index contributed by atoms with van der Waals surface area (Å²) in [7, 11) is 1.70. The van der Waals surface area contributed by atoms with Gasteiger partial charge in [0.1, 0.15) is 11.6 Å². The van der Waals surface area contributed by atoms with Crippen molar-refractivity contribution in [3.63, 3.8) is 0 Å². The number of benzene rings is 2. The lowest BCUT2D eigenvalue weighted by molar-refractivity contribution is 0.507. The van der Waals surface area contributed by atoms with E-state index in [2.05, 4.69) is 18.4 Å². The molecular formula is C22H26FN5O. The summed E-state index contributed by atoms with van der Waals surface area (Å²) >= 11 is 0. The van der Waals surface area contributed by atoms with Gasteiger partial charge in [-0.1, -0.05) is 19.9 Å². The maximum atomic E-state index is 13.9. The number of hydrogen-bond acceptors (Lipinski definition) is 3. The Morgan fingerprint density at radius 1 is 1.07 bits per heavy atom. The number of hydrogen-bond donors (Lipinski definition) is 1. The van der Waals surface area contributed by atoms with Gasteiger partial charge in [0.2, 0.25) is 0 Å². The fraction of sp³-hybridized carbons (Fsp3) is 0.364. The molecule has 0 spiro atoms. The van der Waals surface area contributed by atoms with E-state index in [4.69, 9.17) is 10.7 Å². The van der Waals surface area contributed by atoms with Crippen molar-refractivity contribution in [3.05, 3.63) is 64.1 Å². The summed E-state index contributed by atoms with van der Waals surface area (Å²) in [5.74, 6) is 0.962. The Labute approximate surface area is 168 Å². The number of nitrogens with two attached hydrogens (primary N) is 1. The first-order chi connectivity index (χ1) is 13.9. The maximum absolute atomic E-state index is 13.9. The van der Waals surface area contributed by atoms with Crippen LogP contribution in [0.15, 0.2) is 41.2 Å². The average Bonchev–Trinajstić information content (AvgIpc) is 3.15. The van der Waals surface area contributed by atoms with Crippen molar-refractivity contribution in [2.45, 2.75) is 39.9 Å². The molecule has 4 aromatic rings. The molecule has 0 radical (unpaired) electrons. The Balaban J connectivity index is 1.86. The molecule has 0 aliphatic carbocycles. The highest BCUT2D eigenvalue weighted by molar-refractivity contribution is 5.78. The third-order valence-corrected chi connectivity index (χ3v) is 5.46. The summed E-state index contributed by atoms with van der Waals surface area (Å²) in [6.45, 7) is 5.91. The Bertz CT molecular complexity index is 1250. The molecule has 0 unspecified atom stereocenters. The molecule has 0 aliphatic heterocycles. The van der Waals surface area contributed by atoms with Gasteiger partial charge in [0.25, 0.3) is 0 Å². The fourth-order valence-electron chi connectivity index (χ4n) is 3.79. The van der Waals surface area contributed by atoms with Crippen LogP contribution in [0.3, 0.4) is 0 Å². The molecule has 6 nitrogen and oxygen atoms in total. The first-order valence-corrected chi connectivity index (χ1v) is 9.92. The zero-order valence-electron chi connectivity index (χ0n) is 17.0. The van der Waals surface area contributed by atoms with Crippen LogP contribution in [0.1, 0.15) is 31.7 Å². The molecule has 2 heterocycles. The van der Waals surface area contributed by atoms with E-state index in [1.54, 1.807) is 22.2 Å². The van der Waals surface area contributed by atoms with Gasteiger partial charge >= 0.3 is 5.69 Å². The molecule has 0 fully saturated rings. The molecule has 0 saturated heterocycles. The molecule has 0 saturated carbocycles. The number of aryl methyl sites for hydroxylation is 2. The van der Waals surface area contributed by atoms with Crippen LogP contribution in [0.2, 0.25) is 0 Å². The standard InChI is InChI=1S/C22H26FN5O/c1-14(2)8-9-27-18-6-4-15(12-24)10-17(18)25-21(27)13-28-20-11-16(23)5-7-19(20)26(3)22(28)29/h4-7,10-11,14H,8-9,12-13,24H2,1-3H3. The molecule has 0 atom stereocenters. The lowest BCUT2D eigenvalue weighted by Gasteiger charge is -2.12. The smallest absolute Gasteiger partial charge is 0.326 e. The Morgan fingerprint density at radius 3 is 2.55 bits per heavy atom. The van der Waals surface area contributed by atoms with Crippen LogP contribution in [0.5, 0.6) is 0 Å². The molecule has 7 heteroatoms. The molecule has 2 N–H and O–H groups in total. The minimum absolute atomic E-state index is 0.185. The molecular weight excluding hydrogens is 369 g/mol. The second kappa shape index (κ2) is 7.48. The van der Waals surface area contributed by atoms with Crippen LogP contribution < -0.4 is 11.4 Å². The zero-order valence-corrected chi connectivity index (χ0v) is 17.0. The van der Waals surface area contributed by atoms with E-state index in [1.165, 1.54) is 12.1 Å². The lowest BCUT2D eigenvalue weighted by Crippen LogP contribution is -2.24. The minimum atomic E-state index is -0.363. The van der Waals surface area contributed by atoms with Crippen LogP contribution in [0.4, 0.5) is 4.39 Å². The van der Waals surface area contributed by atoms with Crippen molar-refractivity contribution in [2.24, 2.45) is 18.7 Å². The van der Waals surface area contributed by atoms with E-state index >= 15 is 0 Å². The number of rotatable bonds is 6. The van der Waals surface area contributed by atoms with Gasteiger partial charge in [0.15, 0.2) is 0 Å². The second-order valence-corrected chi connectivity index (χ2v) is 7.95. The highest BCUT2D eigenvalue weighted by Crippen LogP contribution is 2.22. The highest BCUT2D eigenvalue weighted by atomic mass is 19.1. The van der Waals surface area contributed by atoms with Crippen LogP contribution in [-0.2, 0) is 26.7 Å². The van der Waals surface area contributed by atoms with E-state index in [0.29, 0.717) is 23.5 Å². The Kier molecular flexibility index (Phi) is 5.00. The molecule has 29 heavy (non-hydrogen) atoms. The van der Waals surface area contributed by atoms with Crippen LogP contribution in [-0.4, -0.2) is 18.7 Å². The summed E-state index contributed by atoms with van der Waals surface area (Å²) in [6, 6.07) is 10.5. The third kappa shape index (κ3) is 3.46. The van der Waals surface area contributed by atoms with Crippen molar-refractivity contribution >= 4 is 22.1 Å². The second-order valence-electron chi connectivity index (χ2n) is 7.95. The molecule has 0 amide bonds. The van der Waals surface area contributed by atoms with Gasteiger partial charge < -0.3 is 10.3 Å². The highest BCUT2D eigenvalue weighted by Gasteiger charge is 2.17. The van der Waals surface area contributed by atoms with Crippen molar-refractivity contribution < 1.29 is 4.39 Å². The van der Waals surface area contributed by atoms with Gasteiger partial charge in [-0.25, -0.2) is 14.2 Å². The summed E-state index contributed by atoms with van der Waals surface area (Å²) in [5.41, 5.74) is 9.78. The maximum Gasteiger partial charge on any atom is 0.329 e. The predicted octanol–water partition coefficient (Wildman–Crippen LogP) is 3.38. The number of imidazole rings is 2. The van der Waals surface area contributed by atoms with Crippen molar-refractivity contribution in [3.8, 4) is 0 Å². The van der Waals surface area contributed by atoms with Gasteiger partial charge in [0.05, 0.1) is 28.6 Å². The van der Waals surface area contributed by atoms with Gasteiger partial charge in [-0.05, 0) is 48.2 Å². The lowest BCUT2D eigenvalue weighted by atomic mass is 10.1. The molecule has 2 aromatic carbocycles. The Hall–Kier alpha value is -2.93. The topological polar surface area (TPSA) is 70.8 Å². The third-order valence-electron chi connectivity index (χ3n) is 5.46. The molecule has 0 bridgehead atoms. The van der Waals surface area contributed by atoms with E-state index in [0.717, 1.165) is 35.4 Å². The average molecular weight is 395 g/mol. The number of fused-ring (bicyclic) bond motifs is 2. The largest absolute Gasteiger partial charge is 0.329 e. The Morgan fingerprint density at radius 2 is 1.83 bits per heavy atom. The normalized spacial score (nSPS) is 11.9. The van der Waals surface area contributed by atoms with Gasteiger partial charge in [-0.2, -0.15) is 0 Å². The van der Waals surface area contributed by atoms with Gasteiger partial charge in [-0.3, -0.25) is 9.13 Å². The molecule has 0 aliphatic rings. The first kappa shape index (κ1) is 19.4. The monoisotopic (exact) mass is 395 g/mol. The minimum Gasteiger partial charge on any atom is -0.326 e. The number of aromatic nitrogens is 4. The molecule has 2 aromatic heterocycles. The summed E-state index contributed by atoms with van der Waals surface area (Å²) < 4.78 is 19.2. The SMILES string of the molecule is CC(C)CCn1c(Cn2c(=O)n(C)c3ccc(F)cc32)nc2cc(CN)ccc21. The van der Waals surface area contributed by atoms with Crippen molar-refractivity contribution in [2.75, 3.05) is 0 Å².